The number of nitrogens with zero attached hydrogens (tertiary/aromatic N) is 5. The van der Waals surface area contributed by atoms with E-state index in [-0.39, 0.29) is 5.91 Å². The Morgan fingerprint density at radius 2 is 2.00 bits per heavy atom. The van der Waals surface area contributed by atoms with Crippen molar-refractivity contribution in [2.45, 2.75) is 0 Å². The third-order valence-corrected chi connectivity index (χ3v) is 4.68. The molecule has 0 aliphatic carbocycles. The van der Waals surface area contributed by atoms with Gasteiger partial charge < -0.3 is 15.0 Å². The number of anilines is 2. The number of benzene rings is 1. The Morgan fingerprint density at radius 1 is 1.24 bits per heavy atom. The van der Waals surface area contributed by atoms with Crippen LogP contribution in [0, 0.1) is 0 Å². The van der Waals surface area contributed by atoms with Crippen LogP contribution in [0.3, 0.4) is 0 Å². The first-order valence-corrected chi connectivity index (χ1v) is 8.51. The van der Waals surface area contributed by atoms with E-state index >= 15 is 0 Å². The molecule has 1 saturated heterocycles. The highest BCUT2D eigenvalue weighted by Gasteiger charge is 2.21. The van der Waals surface area contributed by atoms with Gasteiger partial charge in [-0.25, -0.2) is 4.63 Å². The molecule has 0 bridgehead atoms. The molecule has 1 fully saturated rings. The zero-order valence-corrected chi connectivity index (χ0v) is 15.0. The highest BCUT2D eigenvalue weighted by Crippen LogP contribution is 2.31. The van der Waals surface area contributed by atoms with Crippen molar-refractivity contribution in [1.82, 2.24) is 20.1 Å². The summed E-state index contributed by atoms with van der Waals surface area (Å²) in [6.45, 7) is 2.88. The quantitative estimate of drug-likeness (QED) is 0.707. The summed E-state index contributed by atoms with van der Waals surface area (Å²) in [6.07, 6.45) is 1.57. The third kappa shape index (κ3) is 2.87. The monoisotopic (exact) mass is 406 g/mol. The topological polar surface area (TPSA) is 98.3 Å². The number of rotatable bonds is 3. The number of fused-ring (bicyclic) bond motifs is 1. The van der Waals surface area contributed by atoms with Crippen LogP contribution < -0.4 is 10.2 Å². The second kappa shape index (κ2) is 6.45. The van der Waals surface area contributed by atoms with Crippen LogP contribution >= 0.6 is 15.9 Å². The maximum absolute atomic E-state index is 12.6. The highest BCUT2D eigenvalue weighted by atomic mass is 79.9. The van der Waals surface area contributed by atoms with Crippen molar-refractivity contribution >= 4 is 44.2 Å². The maximum Gasteiger partial charge on any atom is 0.275 e. The molecule has 1 aliphatic rings. The summed E-state index contributed by atoms with van der Waals surface area (Å²) in [5, 5.41) is 14.9. The van der Waals surface area contributed by atoms with Gasteiger partial charge in [0.2, 0.25) is 0 Å². The minimum atomic E-state index is -0.296. The largest absolute Gasteiger partial charge is 0.378 e. The zero-order chi connectivity index (χ0) is 17.4. The first-order chi connectivity index (χ1) is 12.1. The Morgan fingerprint density at radius 3 is 2.72 bits per heavy atom. The molecule has 1 aromatic carbocycles. The van der Waals surface area contributed by atoms with Gasteiger partial charge in [-0.05, 0) is 38.4 Å². The Balaban J connectivity index is 1.67. The van der Waals surface area contributed by atoms with Crippen molar-refractivity contribution in [2.24, 2.45) is 7.05 Å². The van der Waals surface area contributed by atoms with E-state index in [1.54, 1.807) is 19.3 Å². The predicted molar refractivity (Wildman–Crippen MR) is 93.7 cm³/mol. The molecule has 0 saturated carbocycles. The summed E-state index contributed by atoms with van der Waals surface area (Å²) in [5.41, 5.74) is 2.99. The second-order valence-electron chi connectivity index (χ2n) is 5.61. The number of hydrogen-bond donors (Lipinski definition) is 1. The van der Waals surface area contributed by atoms with E-state index in [2.05, 4.69) is 41.6 Å². The molecule has 2 aromatic heterocycles. The summed E-state index contributed by atoms with van der Waals surface area (Å²) in [7, 11) is 1.70. The number of morpholine rings is 1. The van der Waals surface area contributed by atoms with Crippen molar-refractivity contribution < 1.29 is 14.2 Å². The fourth-order valence-electron chi connectivity index (χ4n) is 2.86. The molecule has 1 aliphatic heterocycles. The molecule has 25 heavy (non-hydrogen) atoms. The molecule has 130 valence electrons. The number of amides is 1. The summed E-state index contributed by atoms with van der Waals surface area (Å²) in [6, 6.07) is 3.71. The summed E-state index contributed by atoms with van der Waals surface area (Å²) < 4.78 is 12.4. The van der Waals surface area contributed by atoms with Crippen LogP contribution in [0.2, 0.25) is 0 Å². The van der Waals surface area contributed by atoms with Crippen LogP contribution in [0.4, 0.5) is 11.4 Å². The van der Waals surface area contributed by atoms with E-state index in [0.29, 0.717) is 40.1 Å². The number of ether oxygens (including phenoxy) is 1. The van der Waals surface area contributed by atoms with E-state index < -0.39 is 0 Å². The van der Waals surface area contributed by atoms with Gasteiger partial charge in [0, 0.05) is 20.1 Å². The predicted octanol–water partition coefficient (Wildman–Crippen LogP) is 1.81. The lowest BCUT2D eigenvalue weighted by Crippen LogP contribution is -2.36. The minimum Gasteiger partial charge on any atom is -0.378 e. The fourth-order valence-corrected chi connectivity index (χ4v) is 3.39. The van der Waals surface area contributed by atoms with Gasteiger partial charge in [-0.3, -0.25) is 9.48 Å². The van der Waals surface area contributed by atoms with Crippen molar-refractivity contribution in [3.05, 3.63) is 28.5 Å². The molecule has 3 aromatic rings. The minimum absolute atomic E-state index is 0.296. The molecule has 3 heterocycles. The van der Waals surface area contributed by atoms with Gasteiger partial charge in [0.25, 0.3) is 5.91 Å². The van der Waals surface area contributed by atoms with E-state index in [4.69, 9.17) is 9.37 Å². The lowest BCUT2D eigenvalue weighted by Gasteiger charge is -2.28. The number of aromatic nitrogens is 4. The third-order valence-electron chi connectivity index (χ3n) is 4.10. The Hall–Kier alpha value is -2.46. The Kier molecular flexibility index (Phi) is 4.14. The summed E-state index contributed by atoms with van der Waals surface area (Å²) in [5.74, 6) is -0.296. The lowest BCUT2D eigenvalue weighted by molar-refractivity contribution is 0.101. The van der Waals surface area contributed by atoms with Crippen molar-refractivity contribution in [1.29, 1.82) is 0 Å². The van der Waals surface area contributed by atoms with Gasteiger partial charge in [-0.1, -0.05) is 0 Å². The van der Waals surface area contributed by atoms with Gasteiger partial charge >= 0.3 is 0 Å². The number of hydrogen-bond acceptors (Lipinski definition) is 7. The molecular weight excluding hydrogens is 392 g/mol. The molecule has 0 unspecified atom stereocenters. The maximum atomic E-state index is 12.6. The van der Waals surface area contributed by atoms with E-state index in [1.165, 1.54) is 4.68 Å². The Bertz CT molecular complexity index is 911. The normalized spacial score (nSPS) is 14.9. The summed E-state index contributed by atoms with van der Waals surface area (Å²) >= 11 is 3.33. The standard InChI is InChI=1S/C15H15BrN6O3/c1-21-14(9(16)8-17-21)15(23)18-10-2-3-11(13-12(10)19-25-20-13)22-4-6-24-7-5-22/h2-3,8H,4-7H2,1H3,(H,18,23). The molecule has 0 radical (unpaired) electrons. The SMILES string of the molecule is Cn1ncc(Br)c1C(=O)Nc1ccc(N2CCOCC2)c2nonc12. The fraction of sp³-hybridized carbons (Fsp3) is 0.333. The van der Waals surface area contributed by atoms with Crippen LogP contribution in [0.1, 0.15) is 10.5 Å². The van der Waals surface area contributed by atoms with Crippen LogP contribution in [-0.4, -0.2) is 52.3 Å². The van der Waals surface area contributed by atoms with E-state index in [1.807, 2.05) is 6.07 Å². The van der Waals surface area contributed by atoms with Crippen molar-refractivity contribution in [2.75, 3.05) is 36.5 Å². The van der Waals surface area contributed by atoms with Gasteiger partial charge in [0.1, 0.15) is 5.69 Å². The molecule has 4 rings (SSSR count). The molecule has 1 N–H and O–H groups in total. The highest BCUT2D eigenvalue weighted by molar-refractivity contribution is 9.10. The number of carbonyl (C=O) groups excluding carboxylic acids is 1. The van der Waals surface area contributed by atoms with Gasteiger partial charge in [-0.15, -0.1) is 0 Å². The van der Waals surface area contributed by atoms with Crippen LogP contribution in [0.15, 0.2) is 27.4 Å². The molecular formula is C15H15BrN6O3. The lowest BCUT2D eigenvalue weighted by atomic mass is 10.2. The number of aryl methyl sites for hydroxylation is 1. The first kappa shape index (κ1) is 16.0. The van der Waals surface area contributed by atoms with Gasteiger partial charge in [0.15, 0.2) is 11.0 Å². The number of carbonyl (C=O) groups is 1. The average molecular weight is 407 g/mol. The Labute approximate surface area is 151 Å². The van der Waals surface area contributed by atoms with E-state index in [9.17, 15) is 4.79 Å². The van der Waals surface area contributed by atoms with Crippen molar-refractivity contribution in [3.8, 4) is 0 Å². The summed E-state index contributed by atoms with van der Waals surface area (Å²) in [4.78, 5) is 14.7. The van der Waals surface area contributed by atoms with Gasteiger partial charge in [0.05, 0.1) is 35.3 Å². The number of halogens is 1. The number of nitrogens with one attached hydrogen (secondary N) is 1. The second-order valence-corrected chi connectivity index (χ2v) is 6.47. The van der Waals surface area contributed by atoms with Crippen LogP contribution in [0.25, 0.3) is 11.0 Å². The molecule has 1 amide bonds. The smallest absolute Gasteiger partial charge is 0.275 e. The molecule has 9 nitrogen and oxygen atoms in total. The van der Waals surface area contributed by atoms with Crippen LogP contribution in [-0.2, 0) is 11.8 Å². The first-order valence-electron chi connectivity index (χ1n) is 7.72. The molecule has 0 atom stereocenters. The molecule has 0 spiro atoms. The van der Waals surface area contributed by atoms with Gasteiger partial charge in [-0.2, -0.15) is 5.10 Å². The average Bonchev–Trinajstić information content (AvgIpc) is 3.23. The van der Waals surface area contributed by atoms with E-state index in [0.717, 1.165) is 18.8 Å². The van der Waals surface area contributed by atoms with Crippen molar-refractivity contribution in [3.63, 3.8) is 0 Å². The zero-order valence-electron chi connectivity index (χ0n) is 13.4. The van der Waals surface area contributed by atoms with Crippen LogP contribution in [0.5, 0.6) is 0 Å². The molecule has 10 heteroatoms.